The van der Waals surface area contributed by atoms with Gasteiger partial charge in [-0.3, -0.25) is 4.79 Å². The fraction of sp³-hybridized carbons (Fsp3) is 0.857. The number of aliphatic carboxylic acids is 1. The first-order valence-electron chi connectivity index (χ1n) is 3.63. The second kappa shape index (κ2) is 5.09. The van der Waals surface area contributed by atoms with Crippen LogP contribution in [0.1, 0.15) is 19.8 Å². The minimum atomic E-state index is -0.917. The summed E-state index contributed by atoms with van der Waals surface area (Å²) >= 11 is 0. The molecule has 11 heavy (non-hydrogen) atoms. The summed E-state index contributed by atoms with van der Waals surface area (Å²) in [5.41, 5.74) is 0. The van der Waals surface area contributed by atoms with Gasteiger partial charge in [0, 0.05) is 0 Å². The van der Waals surface area contributed by atoms with Gasteiger partial charge in [0.05, 0.1) is 18.6 Å². The van der Waals surface area contributed by atoms with Crippen molar-refractivity contribution in [1.29, 1.82) is 0 Å². The highest BCUT2D eigenvalue weighted by atomic mass is 16.4. The Hall–Kier alpha value is -0.610. The molecule has 0 aromatic carbocycles. The molecule has 0 aliphatic heterocycles. The van der Waals surface area contributed by atoms with Crippen molar-refractivity contribution in [2.45, 2.75) is 25.9 Å². The van der Waals surface area contributed by atoms with E-state index in [1.54, 1.807) is 6.92 Å². The van der Waals surface area contributed by atoms with Gasteiger partial charge in [-0.25, -0.2) is 0 Å². The molecule has 0 spiro atoms. The van der Waals surface area contributed by atoms with Gasteiger partial charge < -0.3 is 15.3 Å². The van der Waals surface area contributed by atoms with Crippen LogP contribution in [-0.4, -0.2) is 34.0 Å². The van der Waals surface area contributed by atoms with Crippen LogP contribution in [0, 0.1) is 5.92 Å². The van der Waals surface area contributed by atoms with Crippen LogP contribution in [0.15, 0.2) is 0 Å². The molecule has 0 saturated heterocycles. The summed E-state index contributed by atoms with van der Waals surface area (Å²) in [4.78, 5) is 10.4. The molecule has 0 aromatic heterocycles. The maximum absolute atomic E-state index is 10.4. The largest absolute Gasteiger partial charge is 0.481 e. The molecule has 0 radical (unpaired) electrons. The average Bonchev–Trinajstić information content (AvgIpc) is 1.99. The number of aliphatic hydroxyl groups is 2. The number of aliphatic hydroxyl groups excluding tert-OH is 2. The Morgan fingerprint density at radius 2 is 2.09 bits per heavy atom. The van der Waals surface area contributed by atoms with E-state index < -0.39 is 18.0 Å². The fourth-order valence-electron chi connectivity index (χ4n) is 0.845. The maximum atomic E-state index is 10.4. The van der Waals surface area contributed by atoms with Crippen LogP contribution in [0.25, 0.3) is 0 Å². The first kappa shape index (κ1) is 10.4. The highest BCUT2D eigenvalue weighted by Gasteiger charge is 2.18. The number of hydrogen-bond donors (Lipinski definition) is 3. The van der Waals surface area contributed by atoms with Gasteiger partial charge in [-0.2, -0.15) is 0 Å². The van der Waals surface area contributed by atoms with Gasteiger partial charge in [0.15, 0.2) is 0 Å². The molecule has 0 rings (SSSR count). The van der Waals surface area contributed by atoms with Crippen LogP contribution in [0.2, 0.25) is 0 Å². The Morgan fingerprint density at radius 3 is 2.36 bits per heavy atom. The summed E-state index contributed by atoms with van der Waals surface area (Å²) in [6, 6.07) is 0. The lowest BCUT2D eigenvalue weighted by molar-refractivity contribution is -0.143. The monoisotopic (exact) mass is 162 g/mol. The van der Waals surface area contributed by atoms with E-state index in [-0.39, 0.29) is 13.0 Å². The van der Waals surface area contributed by atoms with E-state index in [2.05, 4.69) is 0 Å². The van der Waals surface area contributed by atoms with E-state index >= 15 is 0 Å². The van der Waals surface area contributed by atoms with E-state index in [0.29, 0.717) is 6.42 Å². The molecule has 3 N–H and O–H groups in total. The Balaban J connectivity index is 3.77. The second-order valence-corrected chi connectivity index (χ2v) is 2.52. The summed E-state index contributed by atoms with van der Waals surface area (Å²) < 4.78 is 0. The molecule has 0 fully saturated rings. The van der Waals surface area contributed by atoms with Crippen molar-refractivity contribution in [3.63, 3.8) is 0 Å². The SMILES string of the molecule is CCC(CC(O)CO)C(=O)O. The molecular formula is C7H14O4. The molecule has 2 atom stereocenters. The zero-order valence-corrected chi connectivity index (χ0v) is 6.53. The Kier molecular flexibility index (Phi) is 4.81. The molecule has 0 aromatic rings. The molecule has 4 nitrogen and oxygen atoms in total. The Labute approximate surface area is 65.5 Å². The van der Waals surface area contributed by atoms with E-state index in [4.69, 9.17) is 15.3 Å². The molecule has 0 heterocycles. The number of carboxylic acid groups (broad SMARTS) is 1. The van der Waals surface area contributed by atoms with Crippen molar-refractivity contribution in [3.8, 4) is 0 Å². The highest BCUT2D eigenvalue weighted by Crippen LogP contribution is 2.10. The topological polar surface area (TPSA) is 77.8 Å². The van der Waals surface area contributed by atoms with Crippen molar-refractivity contribution in [1.82, 2.24) is 0 Å². The predicted octanol–water partition coefficient (Wildman–Crippen LogP) is -0.160. The van der Waals surface area contributed by atoms with E-state index in [1.807, 2.05) is 0 Å². The summed E-state index contributed by atoms with van der Waals surface area (Å²) in [5.74, 6) is -1.46. The van der Waals surface area contributed by atoms with Gasteiger partial charge >= 0.3 is 5.97 Å². The lowest BCUT2D eigenvalue weighted by atomic mass is 9.99. The highest BCUT2D eigenvalue weighted by molar-refractivity contribution is 5.69. The quantitative estimate of drug-likeness (QED) is 0.525. The number of carboxylic acids is 1. The van der Waals surface area contributed by atoms with Crippen molar-refractivity contribution >= 4 is 5.97 Å². The van der Waals surface area contributed by atoms with E-state index in [0.717, 1.165) is 0 Å². The molecule has 0 aliphatic carbocycles. The van der Waals surface area contributed by atoms with Crippen molar-refractivity contribution in [3.05, 3.63) is 0 Å². The maximum Gasteiger partial charge on any atom is 0.306 e. The average molecular weight is 162 g/mol. The smallest absolute Gasteiger partial charge is 0.306 e. The third-order valence-electron chi connectivity index (χ3n) is 1.61. The van der Waals surface area contributed by atoms with Crippen LogP contribution in [0.5, 0.6) is 0 Å². The first-order valence-corrected chi connectivity index (χ1v) is 3.63. The third-order valence-corrected chi connectivity index (χ3v) is 1.61. The molecule has 0 saturated carbocycles. The van der Waals surface area contributed by atoms with Crippen LogP contribution in [0.3, 0.4) is 0 Å². The summed E-state index contributed by atoms with van der Waals surface area (Å²) in [6.45, 7) is 1.37. The second-order valence-electron chi connectivity index (χ2n) is 2.52. The molecule has 4 heteroatoms. The molecule has 0 amide bonds. The summed E-state index contributed by atoms with van der Waals surface area (Å²) in [6.07, 6.45) is -0.301. The minimum absolute atomic E-state index is 0.127. The van der Waals surface area contributed by atoms with Crippen molar-refractivity contribution in [2.24, 2.45) is 5.92 Å². The van der Waals surface area contributed by atoms with Gasteiger partial charge in [0.1, 0.15) is 0 Å². The zero-order valence-electron chi connectivity index (χ0n) is 6.53. The fourth-order valence-corrected chi connectivity index (χ4v) is 0.845. The van der Waals surface area contributed by atoms with Crippen LogP contribution >= 0.6 is 0 Å². The van der Waals surface area contributed by atoms with Crippen molar-refractivity contribution in [2.75, 3.05) is 6.61 Å². The van der Waals surface area contributed by atoms with Crippen LogP contribution < -0.4 is 0 Å². The molecule has 66 valence electrons. The molecule has 2 unspecified atom stereocenters. The number of rotatable bonds is 5. The minimum Gasteiger partial charge on any atom is -0.481 e. The summed E-state index contributed by atoms with van der Waals surface area (Å²) in [5, 5.41) is 25.8. The van der Waals surface area contributed by atoms with Crippen LogP contribution in [0.4, 0.5) is 0 Å². The lowest BCUT2D eigenvalue weighted by Crippen LogP contribution is -2.22. The van der Waals surface area contributed by atoms with Gasteiger partial charge in [-0.1, -0.05) is 6.92 Å². The van der Waals surface area contributed by atoms with Crippen LogP contribution in [-0.2, 0) is 4.79 Å². The Morgan fingerprint density at radius 1 is 1.55 bits per heavy atom. The van der Waals surface area contributed by atoms with Crippen molar-refractivity contribution < 1.29 is 20.1 Å². The van der Waals surface area contributed by atoms with Gasteiger partial charge in [-0.05, 0) is 12.8 Å². The van der Waals surface area contributed by atoms with E-state index in [9.17, 15) is 4.79 Å². The van der Waals surface area contributed by atoms with Gasteiger partial charge in [0.25, 0.3) is 0 Å². The summed E-state index contributed by atoms with van der Waals surface area (Å²) in [7, 11) is 0. The lowest BCUT2D eigenvalue weighted by Gasteiger charge is -2.12. The Bertz CT molecular complexity index is 124. The molecule has 0 bridgehead atoms. The third kappa shape index (κ3) is 3.95. The molecule has 0 aliphatic rings. The predicted molar refractivity (Wildman–Crippen MR) is 39.1 cm³/mol. The first-order chi connectivity index (χ1) is 5.11. The zero-order chi connectivity index (χ0) is 8.85. The van der Waals surface area contributed by atoms with Gasteiger partial charge in [-0.15, -0.1) is 0 Å². The number of hydrogen-bond acceptors (Lipinski definition) is 3. The van der Waals surface area contributed by atoms with E-state index in [1.165, 1.54) is 0 Å². The molecular weight excluding hydrogens is 148 g/mol. The normalized spacial score (nSPS) is 15.9. The van der Waals surface area contributed by atoms with Gasteiger partial charge in [0.2, 0.25) is 0 Å². The number of carbonyl (C=O) groups is 1. The standard InChI is InChI=1S/C7H14O4/c1-2-5(7(10)11)3-6(9)4-8/h5-6,8-9H,2-4H2,1H3,(H,10,11).